The molecule has 1 aromatic carbocycles. The van der Waals surface area contributed by atoms with Crippen LogP contribution < -0.4 is 11.1 Å². The Morgan fingerprint density at radius 1 is 1.31 bits per heavy atom. The Morgan fingerprint density at radius 2 is 1.81 bits per heavy atom. The van der Waals surface area contributed by atoms with E-state index in [0.717, 1.165) is 11.1 Å². The van der Waals surface area contributed by atoms with Gasteiger partial charge in [-0.25, -0.2) is 0 Å². The molecule has 0 heterocycles. The molecule has 1 amide bonds. The number of carbonyl (C=O) groups is 1. The minimum absolute atomic E-state index is 0.0422. The molecule has 0 atom stereocenters. The first kappa shape index (κ1) is 12.7. The van der Waals surface area contributed by atoms with Gasteiger partial charge in [0.05, 0.1) is 12.1 Å². The number of hydrogen-bond acceptors (Lipinski definition) is 3. The maximum Gasteiger partial charge on any atom is 0.237 e. The molecule has 4 N–H and O–H groups in total. The third-order valence-electron chi connectivity index (χ3n) is 2.56. The van der Waals surface area contributed by atoms with Crippen molar-refractivity contribution in [1.29, 1.82) is 0 Å². The molecule has 0 aromatic heterocycles. The van der Waals surface area contributed by atoms with Crippen molar-refractivity contribution in [3.8, 4) is 0 Å². The zero-order valence-corrected chi connectivity index (χ0v) is 9.66. The molecule has 4 heteroatoms. The lowest BCUT2D eigenvalue weighted by molar-refractivity contribution is -0.123. The SMILES string of the molecule is CC(C)(NCc1ccc(CO)cc1)C(N)=O. The fourth-order valence-corrected chi connectivity index (χ4v) is 1.17. The molecule has 1 aromatic rings. The highest BCUT2D eigenvalue weighted by Gasteiger charge is 2.23. The minimum atomic E-state index is -0.713. The van der Waals surface area contributed by atoms with Gasteiger partial charge in [0.1, 0.15) is 0 Å². The lowest BCUT2D eigenvalue weighted by Crippen LogP contribution is -2.50. The monoisotopic (exact) mass is 222 g/mol. The summed E-state index contributed by atoms with van der Waals surface area (Å²) in [5.74, 6) is -0.375. The number of rotatable bonds is 5. The van der Waals surface area contributed by atoms with E-state index in [2.05, 4.69) is 5.32 Å². The molecule has 0 aliphatic heterocycles. The van der Waals surface area contributed by atoms with Crippen LogP contribution in [0.4, 0.5) is 0 Å². The summed E-state index contributed by atoms with van der Waals surface area (Å²) in [6, 6.07) is 7.54. The van der Waals surface area contributed by atoms with E-state index < -0.39 is 5.54 Å². The summed E-state index contributed by atoms with van der Waals surface area (Å²) in [6.07, 6.45) is 0. The van der Waals surface area contributed by atoms with Crippen LogP contribution in [0.1, 0.15) is 25.0 Å². The number of primary amides is 1. The van der Waals surface area contributed by atoms with Gasteiger partial charge in [-0.1, -0.05) is 24.3 Å². The summed E-state index contributed by atoms with van der Waals surface area (Å²) in [6.45, 7) is 4.11. The fourth-order valence-electron chi connectivity index (χ4n) is 1.17. The summed E-state index contributed by atoms with van der Waals surface area (Å²) in [7, 11) is 0. The fraction of sp³-hybridized carbons (Fsp3) is 0.417. The zero-order chi connectivity index (χ0) is 12.2. The number of benzene rings is 1. The Labute approximate surface area is 95.5 Å². The van der Waals surface area contributed by atoms with Crippen LogP contribution in [0.2, 0.25) is 0 Å². The Balaban J connectivity index is 2.58. The molecule has 4 nitrogen and oxygen atoms in total. The molecule has 1 rings (SSSR count). The zero-order valence-electron chi connectivity index (χ0n) is 9.66. The van der Waals surface area contributed by atoms with Gasteiger partial charge in [0.25, 0.3) is 0 Å². The Kier molecular flexibility index (Phi) is 4.04. The average molecular weight is 222 g/mol. The molecular formula is C12H18N2O2. The number of carbonyl (C=O) groups excluding carboxylic acids is 1. The van der Waals surface area contributed by atoms with E-state index in [1.165, 1.54) is 0 Å². The van der Waals surface area contributed by atoms with E-state index >= 15 is 0 Å². The summed E-state index contributed by atoms with van der Waals surface area (Å²) in [5.41, 5.74) is 6.45. The maximum atomic E-state index is 11.1. The van der Waals surface area contributed by atoms with E-state index in [1.807, 2.05) is 24.3 Å². The molecule has 0 aliphatic carbocycles. The second kappa shape index (κ2) is 5.09. The van der Waals surface area contributed by atoms with Crippen molar-refractivity contribution < 1.29 is 9.90 Å². The van der Waals surface area contributed by atoms with Gasteiger partial charge in [0, 0.05) is 6.54 Å². The van der Waals surface area contributed by atoms with Crippen LogP contribution in [0, 0.1) is 0 Å². The number of aliphatic hydroxyl groups is 1. The Bertz CT molecular complexity index is 358. The predicted octanol–water partition coefficient (Wildman–Crippen LogP) is 0.532. The first-order chi connectivity index (χ1) is 7.45. The van der Waals surface area contributed by atoms with Crippen molar-refractivity contribution in [2.24, 2.45) is 5.73 Å². The Hall–Kier alpha value is -1.39. The summed E-state index contributed by atoms with van der Waals surface area (Å²) >= 11 is 0. The van der Waals surface area contributed by atoms with Gasteiger partial charge in [-0.05, 0) is 25.0 Å². The molecule has 16 heavy (non-hydrogen) atoms. The van der Waals surface area contributed by atoms with Crippen LogP contribution in [-0.4, -0.2) is 16.6 Å². The Morgan fingerprint density at radius 3 is 2.25 bits per heavy atom. The lowest BCUT2D eigenvalue weighted by atomic mass is 10.0. The van der Waals surface area contributed by atoms with Crippen LogP contribution in [0.3, 0.4) is 0 Å². The number of nitrogens with two attached hydrogens (primary N) is 1. The quantitative estimate of drug-likeness (QED) is 0.680. The number of hydrogen-bond donors (Lipinski definition) is 3. The molecule has 0 radical (unpaired) electrons. The lowest BCUT2D eigenvalue weighted by Gasteiger charge is -2.22. The molecule has 88 valence electrons. The first-order valence-electron chi connectivity index (χ1n) is 5.19. The largest absolute Gasteiger partial charge is 0.392 e. The van der Waals surface area contributed by atoms with Gasteiger partial charge >= 0.3 is 0 Å². The van der Waals surface area contributed by atoms with Gasteiger partial charge in [-0.2, -0.15) is 0 Å². The van der Waals surface area contributed by atoms with Crippen molar-refractivity contribution in [3.05, 3.63) is 35.4 Å². The smallest absolute Gasteiger partial charge is 0.237 e. The summed E-state index contributed by atoms with van der Waals surface area (Å²) in [4.78, 5) is 11.1. The first-order valence-corrected chi connectivity index (χ1v) is 5.19. The standard InChI is InChI=1S/C12H18N2O2/c1-12(2,11(13)16)14-7-9-3-5-10(8-15)6-4-9/h3-6,14-15H,7-8H2,1-2H3,(H2,13,16). The topological polar surface area (TPSA) is 75.3 Å². The maximum absolute atomic E-state index is 11.1. The van der Waals surface area contributed by atoms with Crippen LogP contribution in [0.5, 0.6) is 0 Å². The van der Waals surface area contributed by atoms with Crippen LogP contribution in [-0.2, 0) is 17.9 Å². The van der Waals surface area contributed by atoms with Crippen LogP contribution in [0.15, 0.2) is 24.3 Å². The predicted molar refractivity (Wildman–Crippen MR) is 62.5 cm³/mol. The second-order valence-electron chi connectivity index (χ2n) is 4.32. The highest BCUT2D eigenvalue weighted by atomic mass is 16.3. The molecule has 0 fully saturated rings. The van der Waals surface area contributed by atoms with Crippen molar-refractivity contribution in [3.63, 3.8) is 0 Å². The van der Waals surface area contributed by atoms with Crippen molar-refractivity contribution in [1.82, 2.24) is 5.32 Å². The van der Waals surface area contributed by atoms with Gasteiger partial charge in [0.15, 0.2) is 0 Å². The minimum Gasteiger partial charge on any atom is -0.392 e. The third kappa shape index (κ3) is 3.32. The van der Waals surface area contributed by atoms with Gasteiger partial charge in [-0.3, -0.25) is 10.1 Å². The number of nitrogens with one attached hydrogen (secondary N) is 1. The van der Waals surface area contributed by atoms with Crippen molar-refractivity contribution >= 4 is 5.91 Å². The second-order valence-corrected chi connectivity index (χ2v) is 4.32. The highest BCUT2D eigenvalue weighted by molar-refractivity contribution is 5.83. The molecule has 0 saturated heterocycles. The van der Waals surface area contributed by atoms with Crippen LogP contribution >= 0.6 is 0 Å². The number of amides is 1. The van der Waals surface area contributed by atoms with Crippen LogP contribution in [0.25, 0.3) is 0 Å². The highest BCUT2D eigenvalue weighted by Crippen LogP contribution is 2.07. The van der Waals surface area contributed by atoms with Gasteiger partial charge in [0.2, 0.25) is 5.91 Å². The van der Waals surface area contributed by atoms with E-state index in [0.29, 0.717) is 6.54 Å². The van der Waals surface area contributed by atoms with E-state index in [4.69, 9.17) is 10.8 Å². The van der Waals surface area contributed by atoms with E-state index in [-0.39, 0.29) is 12.5 Å². The summed E-state index contributed by atoms with van der Waals surface area (Å²) in [5, 5.41) is 12.0. The molecule has 0 bridgehead atoms. The van der Waals surface area contributed by atoms with E-state index in [1.54, 1.807) is 13.8 Å². The molecule has 0 unspecified atom stereocenters. The van der Waals surface area contributed by atoms with E-state index in [9.17, 15) is 4.79 Å². The van der Waals surface area contributed by atoms with Gasteiger partial charge < -0.3 is 10.8 Å². The van der Waals surface area contributed by atoms with Crippen molar-refractivity contribution in [2.45, 2.75) is 32.5 Å². The average Bonchev–Trinajstić information content (AvgIpc) is 2.27. The molecular weight excluding hydrogens is 204 g/mol. The normalized spacial score (nSPS) is 11.4. The number of aliphatic hydroxyl groups excluding tert-OH is 1. The third-order valence-corrected chi connectivity index (χ3v) is 2.56. The molecule has 0 saturated carbocycles. The molecule has 0 spiro atoms. The van der Waals surface area contributed by atoms with Gasteiger partial charge in [-0.15, -0.1) is 0 Å². The molecule has 0 aliphatic rings. The van der Waals surface area contributed by atoms with Crippen molar-refractivity contribution in [2.75, 3.05) is 0 Å². The summed E-state index contributed by atoms with van der Waals surface area (Å²) < 4.78 is 0.